The molecule has 96 valence electrons. The zero-order valence-corrected chi connectivity index (χ0v) is 9.85. The summed E-state index contributed by atoms with van der Waals surface area (Å²) in [5.41, 5.74) is 1.81. The van der Waals surface area contributed by atoms with E-state index in [9.17, 15) is 15.1 Å². The molecule has 19 heavy (non-hydrogen) atoms. The number of carbonyl (C=O) groups is 1. The van der Waals surface area contributed by atoms with Gasteiger partial charge in [-0.25, -0.2) is 14.5 Å². The molecule has 0 aliphatic heterocycles. The van der Waals surface area contributed by atoms with Crippen LogP contribution in [-0.2, 0) is 6.42 Å². The van der Waals surface area contributed by atoms with Crippen LogP contribution in [0, 0.1) is 11.1 Å². The first-order chi connectivity index (χ1) is 9.15. The highest BCUT2D eigenvalue weighted by Gasteiger charge is 2.50. The van der Waals surface area contributed by atoms with Crippen molar-refractivity contribution < 1.29 is 14.6 Å². The molecule has 2 aliphatic rings. The molecule has 1 fully saturated rings. The minimum Gasteiger partial charge on any atom is -0.619 e. The molecule has 1 N–H and O–H groups in total. The van der Waals surface area contributed by atoms with Crippen molar-refractivity contribution in [3.63, 3.8) is 0 Å². The maximum absolute atomic E-state index is 11.3. The number of carboxylic acid groups (broad SMARTS) is 1. The molecular weight excluding hydrogens is 248 g/mol. The molecule has 0 radical (unpaired) electrons. The average molecular weight is 258 g/mol. The second-order valence-corrected chi connectivity index (χ2v) is 5.01. The summed E-state index contributed by atoms with van der Waals surface area (Å²) in [4.78, 5) is 15.3. The zero-order valence-electron chi connectivity index (χ0n) is 9.85. The van der Waals surface area contributed by atoms with Crippen LogP contribution in [0.5, 0.6) is 0 Å². The molecule has 2 aliphatic carbocycles. The first-order valence-electron chi connectivity index (χ1n) is 6.05. The molecule has 1 saturated carbocycles. The fourth-order valence-corrected chi connectivity index (χ4v) is 2.94. The lowest BCUT2D eigenvalue weighted by Gasteiger charge is -2.04. The van der Waals surface area contributed by atoms with Crippen LogP contribution in [-0.4, -0.2) is 25.8 Å². The summed E-state index contributed by atoms with van der Waals surface area (Å²) in [5.74, 6) is 0.258. The Morgan fingerprint density at radius 3 is 3.16 bits per heavy atom. The number of aromatic carboxylic acids is 1. The van der Waals surface area contributed by atoms with Crippen LogP contribution in [0.3, 0.4) is 0 Å². The van der Waals surface area contributed by atoms with Gasteiger partial charge in [-0.2, -0.15) is 9.83 Å². The smallest absolute Gasteiger partial charge is 0.356 e. The molecule has 7 heteroatoms. The fraction of sp³-hybridized carbons (Fsp3) is 0.333. The highest BCUT2D eigenvalue weighted by atomic mass is 16.5. The standard InChI is InChI=1S/C12H10N4O3/c17-12(18)10-8-4-6-3-7(6)11(8)16(14-10)9-5-15(19)2-1-13-9/h1-2,5-7H,3-4H2,(H,17,18)/t6-,7-/m1/s1. The van der Waals surface area contributed by atoms with E-state index in [1.807, 2.05) is 0 Å². The van der Waals surface area contributed by atoms with Gasteiger partial charge in [-0.05, 0) is 18.8 Å². The van der Waals surface area contributed by atoms with Gasteiger partial charge in [-0.15, -0.1) is 0 Å². The molecular formula is C12H10N4O3. The molecule has 0 amide bonds. The van der Waals surface area contributed by atoms with Crippen LogP contribution in [0.15, 0.2) is 18.6 Å². The molecule has 0 bridgehead atoms. The van der Waals surface area contributed by atoms with E-state index in [4.69, 9.17) is 0 Å². The van der Waals surface area contributed by atoms with Gasteiger partial charge in [0.2, 0.25) is 12.0 Å². The Balaban J connectivity index is 1.94. The van der Waals surface area contributed by atoms with E-state index >= 15 is 0 Å². The van der Waals surface area contributed by atoms with Crippen LogP contribution in [0.4, 0.5) is 0 Å². The van der Waals surface area contributed by atoms with E-state index in [0.29, 0.717) is 22.4 Å². The van der Waals surface area contributed by atoms with E-state index < -0.39 is 5.97 Å². The van der Waals surface area contributed by atoms with Crippen molar-refractivity contribution in [3.8, 4) is 5.82 Å². The second kappa shape index (κ2) is 3.31. The third-order valence-corrected chi connectivity index (χ3v) is 3.85. The van der Waals surface area contributed by atoms with Crippen molar-refractivity contribution in [2.45, 2.75) is 18.8 Å². The molecule has 4 rings (SSSR count). The van der Waals surface area contributed by atoms with E-state index in [1.165, 1.54) is 23.3 Å². The lowest BCUT2D eigenvalue weighted by Crippen LogP contribution is -2.26. The number of nitrogens with zero attached hydrogens (tertiary/aromatic N) is 4. The summed E-state index contributed by atoms with van der Waals surface area (Å²) in [6, 6.07) is 0. The van der Waals surface area contributed by atoms with Gasteiger partial charge in [0.1, 0.15) is 0 Å². The molecule has 2 atom stereocenters. The number of aromatic nitrogens is 4. The minimum absolute atomic E-state index is 0.0882. The number of hydrogen-bond donors (Lipinski definition) is 1. The van der Waals surface area contributed by atoms with Gasteiger partial charge in [0.25, 0.3) is 0 Å². The van der Waals surface area contributed by atoms with Crippen molar-refractivity contribution in [1.82, 2.24) is 14.8 Å². The van der Waals surface area contributed by atoms with Crippen molar-refractivity contribution in [2.24, 2.45) is 5.92 Å². The summed E-state index contributed by atoms with van der Waals surface area (Å²) in [5, 5.41) is 24.6. The lowest BCUT2D eigenvalue weighted by atomic mass is 10.1. The average Bonchev–Trinajstić information content (AvgIpc) is 2.87. The molecule has 0 saturated heterocycles. The first-order valence-corrected chi connectivity index (χ1v) is 6.05. The third-order valence-electron chi connectivity index (χ3n) is 3.85. The normalized spacial score (nSPS) is 22.9. The summed E-state index contributed by atoms with van der Waals surface area (Å²) in [6.45, 7) is 0. The minimum atomic E-state index is -1.03. The van der Waals surface area contributed by atoms with Gasteiger partial charge in [-0.1, -0.05) is 0 Å². The quantitative estimate of drug-likeness (QED) is 0.615. The van der Waals surface area contributed by atoms with Gasteiger partial charge in [0, 0.05) is 11.5 Å². The fourth-order valence-electron chi connectivity index (χ4n) is 2.94. The van der Waals surface area contributed by atoms with Crippen molar-refractivity contribution in [3.05, 3.63) is 40.7 Å². The van der Waals surface area contributed by atoms with E-state index in [2.05, 4.69) is 10.1 Å². The van der Waals surface area contributed by atoms with Gasteiger partial charge in [-0.3, -0.25) is 0 Å². The summed E-state index contributed by atoms with van der Waals surface area (Å²) in [7, 11) is 0. The highest BCUT2D eigenvalue weighted by Crippen LogP contribution is 2.57. The van der Waals surface area contributed by atoms with Crippen LogP contribution in [0.1, 0.15) is 34.1 Å². The number of rotatable bonds is 2. The predicted octanol–water partition coefficient (Wildman–Crippen LogP) is 0.258. The SMILES string of the molecule is O=C(O)c1nn(-c2c[n+]([O-])ccn2)c2c1C[C@H]1C[C@@H]21. The lowest BCUT2D eigenvalue weighted by molar-refractivity contribution is -0.605. The number of carboxylic acids is 1. The molecule has 2 aromatic rings. The van der Waals surface area contributed by atoms with Crippen molar-refractivity contribution in [1.29, 1.82) is 0 Å². The van der Waals surface area contributed by atoms with Gasteiger partial charge in [0.05, 0.1) is 11.9 Å². The van der Waals surface area contributed by atoms with E-state index in [1.54, 1.807) is 0 Å². The van der Waals surface area contributed by atoms with Crippen LogP contribution in [0.25, 0.3) is 5.82 Å². The van der Waals surface area contributed by atoms with Crippen LogP contribution >= 0.6 is 0 Å². The second-order valence-electron chi connectivity index (χ2n) is 5.01. The highest BCUT2D eigenvalue weighted by molar-refractivity contribution is 5.88. The van der Waals surface area contributed by atoms with E-state index in [0.717, 1.165) is 24.1 Å². The maximum Gasteiger partial charge on any atom is 0.356 e. The molecule has 2 aromatic heterocycles. The number of hydrogen-bond acceptors (Lipinski definition) is 4. The Kier molecular flexibility index (Phi) is 1.83. The Morgan fingerprint density at radius 1 is 1.58 bits per heavy atom. The monoisotopic (exact) mass is 258 g/mol. The first kappa shape index (κ1) is 10.5. The molecule has 0 spiro atoms. The Bertz CT molecular complexity index is 709. The van der Waals surface area contributed by atoms with E-state index in [-0.39, 0.29) is 5.69 Å². The Labute approximate surface area is 107 Å². The summed E-state index contributed by atoms with van der Waals surface area (Å²) < 4.78 is 2.15. The maximum atomic E-state index is 11.3. The molecule has 7 nitrogen and oxygen atoms in total. The Morgan fingerprint density at radius 2 is 2.42 bits per heavy atom. The Hall–Kier alpha value is -2.44. The number of fused-ring (bicyclic) bond motifs is 3. The van der Waals surface area contributed by atoms with Gasteiger partial charge >= 0.3 is 5.97 Å². The summed E-state index contributed by atoms with van der Waals surface area (Å²) >= 11 is 0. The zero-order chi connectivity index (χ0) is 13.1. The summed E-state index contributed by atoms with van der Waals surface area (Å²) in [6.07, 6.45) is 5.81. The molecule has 2 heterocycles. The predicted molar refractivity (Wildman–Crippen MR) is 61.8 cm³/mol. The van der Waals surface area contributed by atoms with Gasteiger partial charge in [0.15, 0.2) is 11.9 Å². The third kappa shape index (κ3) is 1.38. The molecule has 0 aromatic carbocycles. The van der Waals surface area contributed by atoms with Crippen LogP contribution < -0.4 is 4.73 Å². The molecule has 0 unspecified atom stereocenters. The van der Waals surface area contributed by atoms with Gasteiger partial charge < -0.3 is 10.3 Å². The van der Waals surface area contributed by atoms with Crippen molar-refractivity contribution >= 4 is 5.97 Å². The topological polar surface area (TPSA) is 95.0 Å². The van der Waals surface area contributed by atoms with Crippen molar-refractivity contribution in [2.75, 3.05) is 0 Å². The van der Waals surface area contributed by atoms with Crippen LogP contribution in [0.2, 0.25) is 0 Å². The largest absolute Gasteiger partial charge is 0.619 e.